The molecule has 2 fully saturated rings. The van der Waals surface area contributed by atoms with Gasteiger partial charge in [-0.05, 0) is 42.7 Å². The van der Waals surface area contributed by atoms with Crippen molar-refractivity contribution in [2.75, 3.05) is 39.4 Å². The molecule has 0 amide bonds. The van der Waals surface area contributed by atoms with Crippen LogP contribution in [0.5, 0.6) is 0 Å². The lowest BCUT2D eigenvalue weighted by molar-refractivity contribution is 0.0342. The van der Waals surface area contributed by atoms with Gasteiger partial charge in [-0.2, -0.15) is 0 Å². The Bertz CT molecular complexity index is 607. The topological polar surface area (TPSA) is 48.9 Å². The fourth-order valence-electron chi connectivity index (χ4n) is 3.96. The Morgan fingerprint density at radius 3 is 2.54 bits per heavy atom. The highest BCUT2D eigenvalue weighted by Crippen LogP contribution is 2.42. The van der Waals surface area contributed by atoms with E-state index < -0.39 is 0 Å². The van der Waals surface area contributed by atoms with E-state index in [4.69, 9.17) is 9.73 Å². The summed E-state index contributed by atoms with van der Waals surface area (Å²) >= 11 is 0. The van der Waals surface area contributed by atoms with Crippen molar-refractivity contribution in [2.45, 2.75) is 52.6 Å². The lowest BCUT2D eigenvalue weighted by Gasteiger charge is -2.41. The van der Waals surface area contributed by atoms with Gasteiger partial charge in [-0.15, -0.1) is 24.0 Å². The molecule has 5 nitrogen and oxygen atoms in total. The summed E-state index contributed by atoms with van der Waals surface area (Å²) in [5.41, 5.74) is 3.13. The summed E-state index contributed by atoms with van der Waals surface area (Å²) < 4.78 is 5.44. The van der Waals surface area contributed by atoms with Gasteiger partial charge in [-0.1, -0.05) is 37.6 Å². The molecule has 0 aromatic heterocycles. The summed E-state index contributed by atoms with van der Waals surface area (Å²) in [7, 11) is 0. The number of ether oxygens (including phenoxy) is 1. The van der Waals surface area contributed by atoms with Crippen LogP contribution in [0, 0.1) is 5.41 Å². The van der Waals surface area contributed by atoms with Crippen molar-refractivity contribution in [3.63, 3.8) is 0 Å². The van der Waals surface area contributed by atoms with Gasteiger partial charge in [0.25, 0.3) is 0 Å². The third-order valence-electron chi connectivity index (χ3n) is 6.06. The fourth-order valence-corrected chi connectivity index (χ4v) is 3.96. The van der Waals surface area contributed by atoms with Gasteiger partial charge in [0.2, 0.25) is 0 Å². The number of halogens is 1. The normalized spacial score (nSPS) is 19.4. The second-order valence-electron chi connectivity index (χ2n) is 7.96. The minimum atomic E-state index is 0. The van der Waals surface area contributed by atoms with Crippen LogP contribution in [-0.4, -0.2) is 50.3 Å². The maximum atomic E-state index is 5.44. The smallest absolute Gasteiger partial charge is 0.191 e. The van der Waals surface area contributed by atoms with Crippen molar-refractivity contribution in [3.05, 3.63) is 35.4 Å². The van der Waals surface area contributed by atoms with Gasteiger partial charge in [0, 0.05) is 32.7 Å². The number of rotatable bonds is 8. The van der Waals surface area contributed by atoms with Crippen molar-refractivity contribution in [2.24, 2.45) is 10.4 Å². The molecule has 1 aromatic carbocycles. The van der Waals surface area contributed by atoms with Crippen LogP contribution in [-0.2, 0) is 17.8 Å². The van der Waals surface area contributed by atoms with Crippen LogP contribution in [0.15, 0.2) is 29.3 Å². The Hall–Kier alpha value is -0.860. The van der Waals surface area contributed by atoms with Crippen molar-refractivity contribution in [3.8, 4) is 0 Å². The number of benzene rings is 1. The van der Waals surface area contributed by atoms with Crippen LogP contribution >= 0.6 is 24.0 Å². The molecular formula is C22H37IN4O. The standard InChI is InChI=1S/C22H36N4O.HI/c1-3-22(9-6-10-22)18-25-21(23-4-2)24-16-19-7-5-8-20(15-19)17-26-11-13-27-14-12-26;/h5,7-8,15H,3-4,6,9-14,16-18H2,1-2H3,(H2,23,24,25);1H. The minimum absolute atomic E-state index is 0. The molecule has 0 unspecified atom stereocenters. The zero-order chi connectivity index (χ0) is 19.0. The maximum Gasteiger partial charge on any atom is 0.191 e. The van der Waals surface area contributed by atoms with E-state index in [1.807, 2.05) is 0 Å². The van der Waals surface area contributed by atoms with E-state index in [2.05, 4.69) is 53.6 Å². The average molecular weight is 500 g/mol. The first-order chi connectivity index (χ1) is 13.2. The molecule has 2 aliphatic rings. The lowest BCUT2D eigenvalue weighted by atomic mass is 9.67. The molecule has 1 saturated heterocycles. The molecule has 1 aliphatic carbocycles. The van der Waals surface area contributed by atoms with Gasteiger partial charge in [0.15, 0.2) is 5.96 Å². The van der Waals surface area contributed by atoms with Gasteiger partial charge in [-0.3, -0.25) is 4.90 Å². The molecular weight excluding hydrogens is 463 g/mol. The fraction of sp³-hybridized carbons (Fsp3) is 0.682. The number of morpholine rings is 1. The molecule has 1 aliphatic heterocycles. The van der Waals surface area contributed by atoms with E-state index >= 15 is 0 Å². The van der Waals surface area contributed by atoms with Crippen molar-refractivity contribution < 1.29 is 4.74 Å². The SMILES string of the molecule is CCNC(=NCc1cccc(CN2CCOCC2)c1)NCC1(CC)CCC1.I. The van der Waals surface area contributed by atoms with Crippen molar-refractivity contribution >= 4 is 29.9 Å². The first kappa shape index (κ1) is 23.4. The number of nitrogens with zero attached hydrogens (tertiary/aromatic N) is 2. The third-order valence-corrected chi connectivity index (χ3v) is 6.06. The zero-order valence-electron chi connectivity index (χ0n) is 17.5. The van der Waals surface area contributed by atoms with Gasteiger partial charge in [-0.25, -0.2) is 4.99 Å². The van der Waals surface area contributed by atoms with E-state index in [0.717, 1.165) is 51.9 Å². The van der Waals surface area contributed by atoms with Crippen LogP contribution in [0.2, 0.25) is 0 Å². The van der Waals surface area contributed by atoms with E-state index in [9.17, 15) is 0 Å². The average Bonchev–Trinajstić information content (AvgIpc) is 2.66. The van der Waals surface area contributed by atoms with Crippen molar-refractivity contribution in [1.82, 2.24) is 15.5 Å². The maximum absolute atomic E-state index is 5.44. The lowest BCUT2D eigenvalue weighted by Crippen LogP contribution is -2.46. The molecule has 1 saturated carbocycles. The van der Waals surface area contributed by atoms with Gasteiger partial charge in [0.05, 0.1) is 19.8 Å². The number of aliphatic imine (C=N–C) groups is 1. The molecule has 6 heteroatoms. The Morgan fingerprint density at radius 2 is 1.89 bits per heavy atom. The summed E-state index contributed by atoms with van der Waals surface area (Å²) in [5, 5.41) is 6.98. The van der Waals surface area contributed by atoms with E-state index in [1.165, 1.54) is 36.8 Å². The van der Waals surface area contributed by atoms with Gasteiger partial charge in [0.1, 0.15) is 0 Å². The first-order valence-corrected chi connectivity index (χ1v) is 10.6. The number of nitrogens with one attached hydrogen (secondary N) is 2. The van der Waals surface area contributed by atoms with E-state index in [-0.39, 0.29) is 24.0 Å². The number of guanidine groups is 1. The van der Waals surface area contributed by atoms with Crippen molar-refractivity contribution in [1.29, 1.82) is 0 Å². The largest absolute Gasteiger partial charge is 0.379 e. The first-order valence-electron chi connectivity index (χ1n) is 10.6. The Kier molecular flexibility index (Phi) is 10.0. The summed E-state index contributed by atoms with van der Waals surface area (Å²) in [6, 6.07) is 8.84. The van der Waals surface area contributed by atoms with Crippen LogP contribution in [0.4, 0.5) is 0 Å². The Labute approximate surface area is 187 Å². The predicted octanol–water partition coefficient (Wildman–Crippen LogP) is 3.77. The zero-order valence-corrected chi connectivity index (χ0v) is 19.8. The molecule has 28 heavy (non-hydrogen) atoms. The monoisotopic (exact) mass is 500 g/mol. The van der Waals surface area contributed by atoms with Gasteiger partial charge >= 0.3 is 0 Å². The van der Waals surface area contributed by atoms with Gasteiger partial charge < -0.3 is 15.4 Å². The predicted molar refractivity (Wildman–Crippen MR) is 127 cm³/mol. The molecule has 0 atom stereocenters. The number of hydrogen-bond donors (Lipinski definition) is 2. The summed E-state index contributed by atoms with van der Waals surface area (Å²) in [6.07, 6.45) is 5.32. The van der Waals surface area contributed by atoms with E-state index in [1.54, 1.807) is 0 Å². The summed E-state index contributed by atoms with van der Waals surface area (Å²) in [4.78, 5) is 7.29. The quantitative estimate of drug-likeness (QED) is 0.324. The molecule has 0 bridgehead atoms. The second-order valence-corrected chi connectivity index (χ2v) is 7.96. The molecule has 1 heterocycles. The Morgan fingerprint density at radius 1 is 1.14 bits per heavy atom. The third kappa shape index (κ3) is 6.88. The molecule has 2 N–H and O–H groups in total. The summed E-state index contributed by atoms with van der Waals surface area (Å²) in [5.74, 6) is 0.941. The highest BCUT2D eigenvalue weighted by molar-refractivity contribution is 14.0. The highest BCUT2D eigenvalue weighted by Gasteiger charge is 2.34. The van der Waals surface area contributed by atoms with Crippen LogP contribution in [0.25, 0.3) is 0 Å². The van der Waals surface area contributed by atoms with Crippen LogP contribution < -0.4 is 10.6 Å². The molecule has 158 valence electrons. The van der Waals surface area contributed by atoms with Crippen LogP contribution in [0.3, 0.4) is 0 Å². The highest BCUT2D eigenvalue weighted by atomic mass is 127. The summed E-state index contributed by atoms with van der Waals surface area (Å²) in [6.45, 7) is 11.8. The Balaban J connectivity index is 0.00000280. The minimum Gasteiger partial charge on any atom is -0.379 e. The molecule has 1 aromatic rings. The van der Waals surface area contributed by atoms with E-state index in [0.29, 0.717) is 12.0 Å². The molecule has 0 spiro atoms. The van der Waals surface area contributed by atoms with Crippen LogP contribution in [0.1, 0.15) is 50.7 Å². The second kappa shape index (κ2) is 12.0. The number of hydrogen-bond acceptors (Lipinski definition) is 3. The molecule has 3 rings (SSSR count). The molecule has 0 radical (unpaired) electrons.